The minimum Gasteiger partial charge on any atom is -0.464 e. The first-order valence-corrected chi connectivity index (χ1v) is 7.04. The van der Waals surface area contributed by atoms with Gasteiger partial charge in [0.2, 0.25) is 5.91 Å². The molecule has 2 unspecified atom stereocenters. The maximum Gasteiger partial charge on any atom is 0.228 e. The third kappa shape index (κ3) is 2.68. The zero-order valence-electron chi connectivity index (χ0n) is 12.2. The van der Waals surface area contributed by atoms with Gasteiger partial charge in [0.15, 0.2) is 0 Å². The fourth-order valence-corrected chi connectivity index (χ4v) is 2.76. The van der Waals surface area contributed by atoms with Crippen LogP contribution in [0.25, 0.3) is 0 Å². The van der Waals surface area contributed by atoms with Gasteiger partial charge in [-0.15, -0.1) is 0 Å². The van der Waals surface area contributed by atoms with Gasteiger partial charge in [-0.25, -0.2) is 0 Å². The van der Waals surface area contributed by atoms with Crippen molar-refractivity contribution in [2.24, 2.45) is 11.3 Å². The second kappa shape index (κ2) is 5.37. The Morgan fingerprint density at radius 1 is 1.42 bits per heavy atom. The van der Waals surface area contributed by atoms with Gasteiger partial charge >= 0.3 is 0 Å². The lowest BCUT2D eigenvalue weighted by atomic mass is 9.75. The van der Waals surface area contributed by atoms with E-state index in [0.717, 1.165) is 31.0 Å². The molecule has 1 aromatic rings. The van der Waals surface area contributed by atoms with E-state index in [1.807, 2.05) is 26.0 Å². The van der Waals surface area contributed by atoms with Crippen LogP contribution >= 0.6 is 0 Å². The summed E-state index contributed by atoms with van der Waals surface area (Å²) in [6, 6.07) is 3.76. The third-order valence-corrected chi connectivity index (χ3v) is 4.28. The average molecular weight is 264 g/mol. The van der Waals surface area contributed by atoms with Crippen LogP contribution in [0.1, 0.15) is 44.8 Å². The fraction of sp³-hybridized carbons (Fsp3) is 0.667. The number of aryl methyl sites for hydroxylation is 1. The first-order valence-electron chi connectivity index (χ1n) is 7.04. The van der Waals surface area contributed by atoms with Gasteiger partial charge in [-0.2, -0.15) is 0 Å². The Balaban J connectivity index is 2.07. The van der Waals surface area contributed by atoms with Gasteiger partial charge in [0.25, 0.3) is 0 Å². The smallest absolute Gasteiger partial charge is 0.228 e. The van der Waals surface area contributed by atoms with Crippen molar-refractivity contribution < 1.29 is 9.21 Å². The normalized spacial score (nSPS) is 24.7. The standard InChI is InChI=1S/C15H24N2O2/c1-10(2)15(7-8-16-9-15)14(18)17-12(4)13-6-5-11(3)19-13/h5-6,10,12,16H,7-9H2,1-4H3,(H,17,18). The van der Waals surface area contributed by atoms with Crippen molar-refractivity contribution >= 4 is 5.91 Å². The summed E-state index contributed by atoms with van der Waals surface area (Å²) < 4.78 is 5.57. The van der Waals surface area contributed by atoms with Gasteiger partial charge in [0.05, 0.1) is 11.5 Å². The Morgan fingerprint density at radius 2 is 2.16 bits per heavy atom. The van der Waals surface area contributed by atoms with E-state index in [1.54, 1.807) is 0 Å². The molecule has 0 aromatic carbocycles. The molecule has 0 aliphatic carbocycles. The number of carbonyl (C=O) groups is 1. The number of amides is 1. The predicted octanol–water partition coefficient (Wildman–Crippen LogP) is 2.40. The van der Waals surface area contributed by atoms with Crippen LogP contribution in [-0.2, 0) is 4.79 Å². The van der Waals surface area contributed by atoms with Crippen molar-refractivity contribution in [2.75, 3.05) is 13.1 Å². The van der Waals surface area contributed by atoms with Crippen LogP contribution in [0.15, 0.2) is 16.5 Å². The number of nitrogens with one attached hydrogen (secondary N) is 2. The first kappa shape index (κ1) is 14.1. The monoisotopic (exact) mass is 264 g/mol. The zero-order chi connectivity index (χ0) is 14.0. The molecule has 1 aromatic heterocycles. The van der Waals surface area contributed by atoms with E-state index in [4.69, 9.17) is 4.42 Å². The SMILES string of the molecule is Cc1ccc(C(C)NC(=O)C2(C(C)C)CCNC2)o1. The van der Waals surface area contributed by atoms with Crippen LogP contribution in [-0.4, -0.2) is 19.0 Å². The number of hydrogen-bond donors (Lipinski definition) is 2. The van der Waals surface area contributed by atoms with Crippen molar-refractivity contribution in [3.8, 4) is 0 Å². The van der Waals surface area contributed by atoms with Gasteiger partial charge in [0.1, 0.15) is 11.5 Å². The van der Waals surface area contributed by atoms with Crippen LogP contribution in [0.3, 0.4) is 0 Å². The molecule has 1 amide bonds. The molecule has 0 spiro atoms. The van der Waals surface area contributed by atoms with Gasteiger partial charge in [-0.3, -0.25) is 4.79 Å². The van der Waals surface area contributed by atoms with E-state index in [2.05, 4.69) is 24.5 Å². The maximum absolute atomic E-state index is 12.6. The predicted molar refractivity (Wildman–Crippen MR) is 74.8 cm³/mol. The summed E-state index contributed by atoms with van der Waals surface area (Å²) in [5.74, 6) is 2.15. The molecule has 19 heavy (non-hydrogen) atoms. The summed E-state index contributed by atoms with van der Waals surface area (Å²) in [5, 5.41) is 6.41. The van der Waals surface area contributed by atoms with E-state index in [0.29, 0.717) is 5.92 Å². The number of hydrogen-bond acceptors (Lipinski definition) is 3. The van der Waals surface area contributed by atoms with Crippen LogP contribution in [0.4, 0.5) is 0 Å². The van der Waals surface area contributed by atoms with Gasteiger partial charge in [-0.1, -0.05) is 13.8 Å². The van der Waals surface area contributed by atoms with Gasteiger partial charge < -0.3 is 15.1 Å². The molecule has 1 aliphatic heterocycles. The topological polar surface area (TPSA) is 54.3 Å². The Bertz CT molecular complexity index is 445. The highest BCUT2D eigenvalue weighted by Gasteiger charge is 2.44. The average Bonchev–Trinajstić information content (AvgIpc) is 2.97. The highest BCUT2D eigenvalue weighted by atomic mass is 16.3. The van der Waals surface area contributed by atoms with Crippen LogP contribution in [0, 0.1) is 18.3 Å². The Labute approximate surface area is 114 Å². The van der Waals surface area contributed by atoms with Crippen molar-refractivity contribution in [1.29, 1.82) is 0 Å². The van der Waals surface area contributed by atoms with E-state index in [1.165, 1.54) is 0 Å². The molecule has 1 aliphatic rings. The highest BCUT2D eigenvalue weighted by Crippen LogP contribution is 2.35. The molecule has 4 heteroatoms. The second-order valence-electron chi connectivity index (χ2n) is 5.88. The molecule has 2 heterocycles. The molecular formula is C15H24N2O2. The highest BCUT2D eigenvalue weighted by molar-refractivity contribution is 5.84. The molecular weight excluding hydrogens is 240 g/mol. The molecule has 2 N–H and O–H groups in total. The van der Waals surface area contributed by atoms with E-state index >= 15 is 0 Å². The second-order valence-corrected chi connectivity index (χ2v) is 5.88. The first-order chi connectivity index (χ1) is 8.95. The molecule has 0 bridgehead atoms. The molecule has 106 valence electrons. The molecule has 1 fully saturated rings. The summed E-state index contributed by atoms with van der Waals surface area (Å²) in [7, 11) is 0. The summed E-state index contributed by atoms with van der Waals surface area (Å²) in [5.41, 5.74) is -0.282. The largest absolute Gasteiger partial charge is 0.464 e. The van der Waals surface area contributed by atoms with Crippen molar-refractivity contribution in [3.63, 3.8) is 0 Å². The number of rotatable bonds is 4. The molecule has 2 rings (SSSR count). The lowest BCUT2D eigenvalue weighted by Gasteiger charge is -2.32. The van der Waals surface area contributed by atoms with Crippen LogP contribution in [0.5, 0.6) is 0 Å². The van der Waals surface area contributed by atoms with E-state index in [-0.39, 0.29) is 17.4 Å². The molecule has 0 saturated carbocycles. The minimum atomic E-state index is -0.282. The summed E-state index contributed by atoms with van der Waals surface area (Å²) >= 11 is 0. The van der Waals surface area contributed by atoms with Crippen molar-refractivity contribution in [3.05, 3.63) is 23.7 Å². The summed E-state index contributed by atoms with van der Waals surface area (Å²) in [6.07, 6.45) is 0.903. The summed E-state index contributed by atoms with van der Waals surface area (Å²) in [6.45, 7) is 9.80. The number of furan rings is 1. The van der Waals surface area contributed by atoms with Crippen LogP contribution in [0.2, 0.25) is 0 Å². The Kier molecular flexibility index (Phi) is 3.99. The maximum atomic E-state index is 12.6. The molecule has 1 saturated heterocycles. The lowest BCUT2D eigenvalue weighted by molar-refractivity contribution is -0.133. The Hall–Kier alpha value is -1.29. The lowest BCUT2D eigenvalue weighted by Crippen LogP contribution is -2.46. The molecule has 0 radical (unpaired) electrons. The van der Waals surface area contributed by atoms with E-state index < -0.39 is 0 Å². The van der Waals surface area contributed by atoms with Crippen LogP contribution < -0.4 is 10.6 Å². The zero-order valence-corrected chi connectivity index (χ0v) is 12.2. The van der Waals surface area contributed by atoms with Gasteiger partial charge in [0, 0.05) is 6.54 Å². The Morgan fingerprint density at radius 3 is 2.63 bits per heavy atom. The van der Waals surface area contributed by atoms with Crippen molar-refractivity contribution in [1.82, 2.24) is 10.6 Å². The summed E-state index contributed by atoms with van der Waals surface area (Å²) in [4.78, 5) is 12.6. The number of carbonyl (C=O) groups excluding carboxylic acids is 1. The van der Waals surface area contributed by atoms with Gasteiger partial charge in [-0.05, 0) is 44.9 Å². The fourth-order valence-electron chi connectivity index (χ4n) is 2.76. The minimum absolute atomic E-state index is 0.0857. The quantitative estimate of drug-likeness (QED) is 0.878. The van der Waals surface area contributed by atoms with Crippen molar-refractivity contribution in [2.45, 2.75) is 40.2 Å². The molecule has 4 nitrogen and oxygen atoms in total. The third-order valence-electron chi connectivity index (χ3n) is 4.28. The van der Waals surface area contributed by atoms with E-state index in [9.17, 15) is 4.79 Å². The molecule has 2 atom stereocenters.